The zero-order valence-electron chi connectivity index (χ0n) is 17.8. The molecule has 0 spiro atoms. The molecule has 8 heteroatoms. The van der Waals surface area contributed by atoms with Crippen molar-refractivity contribution in [2.75, 3.05) is 0 Å². The van der Waals surface area contributed by atoms with Gasteiger partial charge in [0.1, 0.15) is 5.82 Å². The molecule has 162 valence electrons. The molecule has 1 aromatic carbocycles. The number of hydrogen-bond acceptors (Lipinski definition) is 4. The number of hydrogen-bond donors (Lipinski definition) is 0. The zero-order chi connectivity index (χ0) is 22.2. The predicted octanol–water partition coefficient (Wildman–Crippen LogP) is 4.85. The number of rotatable bonds is 4. The van der Waals surface area contributed by atoms with Crippen LogP contribution in [0.1, 0.15) is 53.1 Å². The third-order valence-corrected chi connectivity index (χ3v) is 5.71. The molecule has 1 aliphatic heterocycles. The van der Waals surface area contributed by atoms with E-state index in [2.05, 4.69) is 20.1 Å². The van der Waals surface area contributed by atoms with Crippen LogP contribution in [0.15, 0.2) is 42.9 Å². The molecule has 4 heterocycles. The van der Waals surface area contributed by atoms with Crippen LogP contribution in [0.2, 0.25) is 0 Å². The van der Waals surface area contributed by atoms with Gasteiger partial charge in [0.25, 0.3) is 0 Å². The molecular formula is C24H22F2N6. The summed E-state index contributed by atoms with van der Waals surface area (Å²) in [5.74, 6) is -0.437. The fraction of sp³-hybridized carbons (Fsp3) is 0.250. The molecule has 0 saturated carbocycles. The number of aromatic nitrogens is 6. The van der Waals surface area contributed by atoms with Crippen molar-refractivity contribution in [2.24, 2.45) is 0 Å². The number of pyridine rings is 1. The first-order valence-corrected chi connectivity index (χ1v) is 10.5. The lowest BCUT2D eigenvalue weighted by atomic mass is 9.91. The summed E-state index contributed by atoms with van der Waals surface area (Å²) in [5, 5.41) is 4.58. The lowest BCUT2D eigenvalue weighted by Gasteiger charge is -2.22. The van der Waals surface area contributed by atoms with Gasteiger partial charge in [0, 0.05) is 18.7 Å². The van der Waals surface area contributed by atoms with Gasteiger partial charge in [-0.3, -0.25) is 4.98 Å². The standard InChI is InChI=1S/C24H22F2N6/c1-15-13-31(14-27-15)22-9-6-18(28-16(22)2)7-10-23-29-24-19(4-3-11-32(24)30-23)17-5-8-20(25)21(26)12-17/h5-10,12-14,19H,3-4,11H2,1-2H3/b10-7+/t19-/m0/s1. The van der Waals surface area contributed by atoms with Crippen LogP contribution in [-0.4, -0.2) is 29.3 Å². The molecule has 32 heavy (non-hydrogen) atoms. The van der Waals surface area contributed by atoms with Gasteiger partial charge in [-0.1, -0.05) is 6.07 Å². The maximum atomic E-state index is 13.8. The van der Waals surface area contributed by atoms with Crippen LogP contribution in [-0.2, 0) is 6.54 Å². The van der Waals surface area contributed by atoms with Crippen LogP contribution in [0.4, 0.5) is 8.78 Å². The molecule has 4 aromatic rings. The molecule has 0 N–H and O–H groups in total. The van der Waals surface area contributed by atoms with Gasteiger partial charge in [-0.2, -0.15) is 5.10 Å². The number of nitrogens with zero attached hydrogens (tertiary/aromatic N) is 6. The fourth-order valence-electron chi connectivity index (χ4n) is 4.14. The van der Waals surface area contributed by atoms with Gasteiger partial charge in [-0.15, -0.1) is 0 Å². The van der Waals surface area contributed by atoms with Crippen molar-refractivity contribution in [1.82, 2.24) is 29.3 Å². The minimum atomic E-state index is -0.841. The second-order valence-electron chi connectivity index (χ2n) is 8.02. The molecule has 0 aliphatic carbocycles. The number of halogens is 2. The summed E-state index contributed by atoms with van der Waals surface area (Å²) < 4.78 is 30.9. The molecule has 3 aromatic heterocycles. The first-order chi connectivity index (χ1) is 15.5. The minimum absolute atomic E-state index is 0.105. The smallest absolute Gasteiger partial charge is 0.174 e. The van der Waals surface area contributed by atoms with Gasteiger partial charge in [0.15, 0.2) is 17.5 Å². The van der Waals surface area contributed by atoms with E-state index in [0.29, 0.717) is 5.82 Å². The molecule has 0 radical (unpaired) electrons. The van der Waals surface area contributed by atoms with Gasteiger partial charge < -0.3 is 4.57 Å². The van der Waals surface area contributed by atoms with E-state index >= 15 is 0 Å². The van der Waals surface area contributed by atoms with Crippen molar-refractivity contribution in [3.8, 4) is 5.69 Å². The summed E-state index contributed by atoms with van der Waals surface area (Å²) in [5.41, 5.74) is 4.33. The first kappa shape index (κ1) is 20.2. The average molecular weight is 432 g/mol. The summed E-state index contributed by atoms with van der Waals surface area (Å²) in [7, 11) is 0. The number of fused-ring (bicyclic) bond motifs is 1. The van der Waals surface area contributed by atoms with E-state index in [1.807, 2.05) is 53.6 Å². The second kappa shape index (κ2) is 8.11. The third kappa shape index (κ3) is 3.84. The molecule has 1 aliphatic rings. The molecule has 0 saturated heterocycles. The molecule has 0 amide bonds. The first-order valence-electron chi connectivity index (χ1n) is 10.5. The molecule has 5 rings (SSSR count). The number of aryl methyl sites for hydroxylation is 3. The van der Waals surface area contributed by atoms with Crippen LogP contribution in [0, 0.1) is 25.5 Å². The van der Waals surface area contributed by atoms with Crippen molar-refractivity contribution in [3.63, 3.8) is 0 Å². The van der Waals surface area contributed by atoms with Crippen molar-refractivity contribution in [3.05, 3.63) is 88.8 Å². The quantitative estimate of drug-likeness (QED) is 0.463. The average Bonchev–Trinajstić information content (AvgIpc) is 3.40. The van der Waals surface area contributed by atoms with Crippen molar-refractivity contribution < 1.29 is 8.78 Å². The third-order valence-electron chi connectivity index (χ3n) is 5.71. The topological polar surface area (TPSA) is 61.4 Å². The highest BCUT2D eigenvalue weighted by Gasteiger charge is 2.26. The van der Waals surface area contributed by atoms with Gasteiger partial charge in [0.2, 0.25) is 0 Å². The van der Waals surface area contributed by atoms with Gasteiger partial charge >= 0.3 is 0 Å². The molecule has 6 nitrogen and oxygen atoms in total. The molecule has 0 unspecified atom stereocenters. The highest BCUT2D eigenvalue weighted by molar-refractivity contribution is 5.65. The lowest BCUT2D eigenvalue weighted by molar-refractivity contribution is 0.442. The monoisotopic (exact) mass is 432 g/mol. The summed E-state index contributed by atoms with van der Waals surface area (Å²) in [6, 6.07) is 8.00. The van der Waals surface area contributed by atoms with Crippen molar-refractivity contribution in [1.29, 1.82) is 0 Å². The highest BCUT2D eigenvalue weighted by atomic mass is 19.2. The van der Waals surface area contributed by atoms with Crippen LogP contribution < -0.4 is 0 Å². The van der Waals surface area contributed by atoms with Gasteiger partial charge in [-0.25, -0.2) is 23.4 Å². The molecule has 0 fully saturated rings. The zero-order valence-corrected chi connectivity index (χ0v) is 17.8. The lowest BCUT2D eigenvalue weighted by Crippen LogP contribution is -2.18. The summed E-state index contributed by atoms with van der Waals surface area (Å²) in [6.45, 7) is 4.67. The maximum Gasteiger partial charge on any atom is 0.174 e. The molecule has 0 bridgehead atoms. The Balaban J connectivity index is 1.39. The van der Waals surface area contributed by atoms with Crippen LogP contribution in [0.25, 0.3) is 17.8 Å². The Hall–Kier alpha value is -3.68. The normalized spacial score (nSPS) is 15.9. The predicted molar refractivity (Wildman–Crippen MR) is 117 cm³/mol. The summed E-state index contributed by atoms with van der Waals surface area (Å²) in [6.07, 6.45) is 9.17. The Morgan fingerprint density at radius 3 is 2.66 bits per heavy atom. The summed E-state index contributed by atoms with van der Waals surface area (Å²) >= 11 is 0. The largest absolute Gasteiger partial charge is 0.304 e. The van der Waals surface area contributed by atoms with E-state index in [-0.39, 0.29) is 5.92 Å². The van der Waals surface area contributed by atoms with Crippen LogP contribution in [0.5, 0.6) is 0 Å². The van der Waals surface area contributed by atoms with E-state index in [0.717, 1.165) is 53.5 Å². The number of imidazole rings is 1. The molecule has 1 atom stereocenters. The fourth-order valence-corrected chi connectivity index (χ4v) is 4.14. The highest BCUT2D eigenvalue weighted by Crippen LogP contribution is 2.33. The van der Waals surface area contributed by atoms with Crippen LogP contribution >= 0.6 is 0 Å². The van der Waals surface area contributed by atoms with E-state index in [1.54, 1.807) is 12.4 Å². The number of benzene rings is 1. The van der Waals surface area contributed by atoms with E-state index in [4.69, 9.17) is 0 Å². The van der Waals surface area contributed by atoms with E-state index in [9.17, 15) is 8.78 Å². The van der Waals surface area contributed by atoms with Gasteiger partial charge in [-0.05, 0) is 68.7 Å². The van der Waals surface area contributed by atoms with Crippen molar-refractivity contribution >= 4 is 12.2 Å². The Bertz CT molecular complexity index is 1320. The Labute approximate surface area is 184 Å². The minimum Gasteiger partial charge on any atom is -0.304 e. The Kier molecular flexibility index (Phi) is 5.13. The van der Waals surface area contributed by atoms with Crippen molar-refractivity contribution in [2.45, 2.75) is 39.2 Å². The van der Waals surface area contributed by atoms with E-state index < -0.39 is 11.6 Å². The van der Waals surface area contributed by atoms with E-state index in [1.165, 1.54) is 12.1 Å². The van der Waals surface area contributed by atoms with Gasteiger partial charge in [0.05, 0.1) is 29.1 Å². The summed E-state index contributed by atoms with van der Waals surface area (Å²) in [4.78, 5) is 13.6. The SMILES string of the molecule is Cc1cn(-c2ccc(/C=C/c3nc4n(n3)CCC[C@H]4c3ccc(F)c(F)c3)nc2C)cn1. The Morgan fingerprint density at radius 2 is 1.91 bits per heavy atom. The molecular weight excluding hydrogens is 410 g/mol. The maximum absolute atomic E-state index is 13.8. The van der Waals surface area contributed by atoms with Crippen LogP contribution in [0.3, 0.4) is 0 Å². The Morgan fingerprint density at radius 1 is 1.03 bits per heavy atom. The second-order valence-corrected chi connectivity index (χ2v) is 8.02.